The van der Waals surface area contributed by atoms with Crippen molar-refractivity contribution >= 4 is 27.5 Å². The number of hydrogen-bond donors (Lipinski definition) is 1. The fourth-order valence-corrected chi connectivity index (χ4v) is 2.60. The summed E-state index contributed by atoms with van der Waals surface area (Å²) in [5, 5.41) is 2.79. The molecule has 2 aromatic rings. The molecule has 0 aliphatic carbocycles. The molecule has 104 valence electrons. The van der Waals surface area contributed by atoms with Gasteiger partial charge in [0, 0.05) is 5.69 Å². The van der Waals surface area contributed by atoms with Crippen LogP contribution in [0.15, 0.2) is 34.8 Å². The van der Waals surface area contributed by atoms with E-state index in [-0.39, 0.29) is 10.0 Å². The Hall–Kier alpha value is -1.68. The van der Waals surface area contributed by atoms with E-state index in [0.717, 1.165) is 22.4 Å². The zero-order chi connectivity index (χ0) is 14.9. The number of benzene rings is 2. The van der Waals surface area contributed by atoms with Gasteiger partial charge in [0.05, 0.1) is 10.0 Å². The monoisotopic (exact) mass is 335 g/mol. The number of amides is 1. The van der Waals surface area contributed by atoms with Gasteiger partial charge in [0.25, 0.3) is 5.91 Å². The smallest absolute Gasteiger partial charge is 0.258 e. The first-order valence-corrected chi connectivity index (χ1v) is 7.02. The first-order valence-electron chi connectivity index (χ1n) is 6.23. The van der Waals surface area contributed by atoms with Crippen LogP contribution in [0.5, 0.6) is 0 Å². The molecule has 0 atom stereocenters. The zero-order valence-corrected chi connectivity index (χ0v) is 13.1. The highest BCUT2D eigenvalue weighted by Gasteiger charge is 2.15. The summed E-state index contributed by atoms with van der Waals surface area (Å²) in [6.07, 6.45) is 0. The Morgan fingerprint density at radius 3 is 2.35 bits per heavy atom. The lowest BCUT2D eigenvalue weighted by Gasteiger charge is -2.13. The molecule has 0 bridgehead atoms. The molecule has 0 heterocycles. The van der Waals surface area contributed by atoms with E-state index in [1.54, 1.807) is 12.1 Å². The van der Waals surface area contributed by atoms with Gasteiger partial charge in [-0.15, -0.1) is 0 Å². The molecule has 0 aliphatic heterocycles. The van der Waals surface area contributed by atoms with Crippen LogP contribution in [0.2, 0.25) is 0 Å². The standard InChI is InChI=1S/C16H15BrFNO/c1-9-7-10(2)15(11(3)8-9)19-16(20)12-5-4-6-13(17)14(12)18/h4-8H,1-3H3,(H,19,20). The maximum atomic E-state index is 13.9. The minimum absolute atomic E-state index is 0.0266. The van der Waals surface area contributed by atoms with Crippen molar-refractivity contribution in [3.63, 3.8) is 0 Å². The van der Waals surface area contributed by atoms with E-state index in [1.807, 2.05) is 32.9 Å². The van der Waals surface area contributed by atoms with E-state index in [0.29, 0.717) is 0 Å². The molecule has 0 saturated carbocycles. The first-order chi connectivity index (χ1) is 9.40. The van der Waals surface area contributed by atoms with Crippen LogP contribution in [-0.2, 0) is 0 Å². The summed E-state index contributed by atoms with van der Waals surface area (Å²) in [5.74, 6) is -0.994. The fourth-order valence-electron chi connectivity index (χ4n) is 2.24. The second-order valence-electron chi connectivity index (χ2n) is 4.83. The number of carbonyl (C=O) groups is 1. The molecular weight excluding hydrogens is 321 g/mol. The SMILES string of the molecule is Cc1cc(C)c(NC(=O)c2cccc(Br)c2F)c(C)c1. The highest BCUT2D eigenvalue weighted by molar-refractivity contribution is 9.10. The van der Waals surface area contributed by atoms with Crippen LogP contribution in [0.25, 0.3) is 0 Å². The average Bonchev–Trinajstić information content (AvgIpc) is 2.36. The number of halogens is 2. The van der Waals surface area contributed by atoms with Gasteiger partial charge in [-0.05, 0) is 60.0 Å². The van der Waals surface area contributed by atoms with Gasteiger partial charge in [-0.25, -0.2) is 4.39 Å². The van der Waals surface area contributed by atoms with Crippen molar-refractivity contribution in [2.45, 2.75) is 20.8 Å². The normalized spacial score (nSPS) is 10.4. The van der Waals surface area contributed by atoms with E-state index < -0.39 is 11.7 Å². The predicted molar refractivity (Wildman–Crippen MR) is 82.7 cm³/mol. The highest BCUT2D eigenvalue weighted by atomic mass is 79.9. The van der Waals surface area contributed by atoms with Crippen molar-refractivity contribution in [2.75, 3.05) is 5.32 Å². The summed E-state index contributed by atoms with van der Waals surface area (Å²) in [6, 6.07) is 8.64. The molecule has 0 unspecified atom stereocenters. The van der Waals surface area contributed by atoms with Gasteiger partial charge in [-0.3, -0.25) is 4.79 Å². The van der Waals surface area contributed by atoms with Crippen LogP contribution < -0.4 is 5.32 Å². The Morgan fingerprint density at radius 2 is 1.75 bits per heavy atom. The minimum atomic E-state index is -0.549. The van der Waals surface area contributed by atoms with Crippen molar-refractivity contribution in [1.29, 1.82) is 0 Å². The molecule has 0 aromatic heterocycles. The lowest BCUT2D eigenvalue weighted by atomic mass is 10.0. The molecule has 4 heteroatoms. The molecule has 0 radical (unpaired) electrons. The summed E-state index contributed by atoms with van der Waals surface area (Å²) in [5.41, 5.74) is 3.82. The van der Waals surface area contributed by atoms with Crippen molar-refractivity contribution in [2.24, 2.45) is 0 Å². The van der Waals surface area contributed by atoms with Crippen molar-refractivity contribution in [1.82, 2.24) is 0 Å². The van der Waals surface area contributed by atoms with Crippen LogP contribution in [0.1, 0.15) is 27.0 Å². The van der Waals surface area contributed by atoms with Crippen LogP contribution in [0.3, 0.4) is 0 Å². The molecule has 1 N–H and O–H groups in total. The molecule has 20 heavy (non-hydrogen) atoms. The number of rotatable bonds is 2. The van der Waals surface area contributed by atoms with E-state index in [9.17, 15) is 9.18 Å². The van der Waals surface area contributed by atoms with Crippen LogP contribution in [0, 0.1) is 26.6 Å². The summed E-state index contributed by atoms with van der Waals surface area (Å²) >= 11 is 3.08. The molecule has 0 spiro atoms. The Kier molecular flexibility index (Phi) is 4.23. The number of anilines is 1. The third-order valence-corrected chi connectivity index (χ3v) is 3.72. The van der Waals surface area contributed by atoms with Gasteiger partial charge in [-0.2, -0.15) is 0 Å². The highest BCUT2D eigenvalue weighted by Crippen LogP contribution is 2.24. The van der Waals surface area contributed by atoms with Crippen molar-refractivity contribution < 1.29 is 9.18 Å². The van der Waals surface area contributed by atoms with E-state index in [1.165, 1.54) is 6.07 Å². The third kappa shape index (κ3) is 2.90. The topological polar surface area (TPSA) is 29.1 Å². The van der Waals surface area contributed by atoms with E-state index in [2.05, 4.69) is 21.2 Å². The quantitative estimate of drug-likeness (QED) is 0.841. The summed E-state index contributed by atoms with van der Waals surface area (Å²) in [4.78, 5) is 12.2. The summed E-state index contributed by atoms with van der Waals surface area (Å²) in [7, 11) is 0. The molecule has 0 fully saturated rings. The summed E-state index contributed by atoms with van der Waals surface area (Å²) in [6.45, 7) is 5.85. The Balaban J connectivity index is 2.36. The molecule has 0 saturated heterocycles. The first kappa shape index (κ1) is 14.7. The van der Waals surface area contributed by atoms with Crippen LogP contribution in [-0.4, -0.2) is 5.91 Å². The molecule has 2 aromatic carbocycles. The molecule has 2 rings (SSSR count). The van der Waals surface area contributed by atoms with Gasteiger partial charge < -0.3 is 5.32 Å². The predicted octanol–water partition coefficient (Wildman–Crippen LogP) is 4.77. The van der Waals surface area contributed by atoms with Crippen LogP contribution in [0.4, 0.5) is 10.1 Å². The van der Waals surface area contributed by atoms with E-state index >= 15 is 0 Å². The van der Waals surface area contributed by atoms with Gasteiger partial charge in [0.15, 0.2) is 0 Å². The minimum Gasteiger partial charge on any atom is -0.321 e. The number of nitrogens with one attached hydrogen (secondary N) is 1. The third-order valence-electron chi connectivity index (χ3n) is 3.11. The second kappa shape index (κ2) is 5.75. The van der Waals surface area contributed by atoms with Crippen molar-refractivity contribution in [3.8, 4) is 0 Å². The van der Waals surface area contributed by atoms with Crippen LogP contribution >= 0.6 is 15.9 Å². The number of aryl methyl sites for hydroxylation is 3. The number of carbonyl (C=O) groups excluding carboxylic acids is 1. The molecule has 0 aliphatic rings. The second-order valence-corrected chi connectivity index (χ2v) is 5.68. The Morgan fingerprint density at radius 1 is 1.15 bits per heavy atom. The maximum absolute atomic E-state index is 13.9. The van der Waals surface area contributed by atoms with Gasteiger partial charge in [0.2, 0.25) is 0 Å². The molecule has 2 nitrogen and oxygen atoms in total. The average molecular weight is 336 g/mol. The largest absolute Gasteiger partial charge is 0.321 e. The number of hydrogen-bond acceptors (Lipinski definition) is 1. The Labute approximate surface area is 126 Å². The lowest BCUT2D eigenvalue weighted by molar-refractivity contribution is 0.102. The zero-order valence-electron chi connectivity index (χ0n) is 11.6. The van der Waals surface area contributed by atoms with Gasteiger partial charge >= 0.3 is 0 Å². The van der Waals surface area contributed by atoms with Gasteiger partial charge in [-0.1, -0.05) is 23.8 Å². The summed E-state index contributed by atoms with van der Waals surface area (Å²) < 4.78 is 14.2. The maximum Gasteiger partial charge on any atom is 0.258 e. The molecular formula is C16H15BrFNO. The lowest BCUT2D eigenvalue weighted by Crippen LogP contribution is -2.15. The van der Waals surface area contributed by atoms with Crippen molar-refractivity contribution in [3.05, 3.63) is 62.9 Å². The molecule has 1 amide bonds. The van der Waals surface area contributed by atoms with E-state index in [4.69, 9.17) is 0 Å². The Bertz CT molecular complexity index is 659. The van der Waals surface area contributed by atoms with Gasteiger partial charge in [0.1, 0.15) is 5.82 Å². The fraction of sp³-hybridized carbons (Fsp3) is 0.188.